The van der Waals surface area contributed by atoms with Gasteiger partial charge in [0, 0.05) is 32.2 Å². The van der Waals surface area contributed by atoms with Crippen molar-refractivity contribution in [2.24, 2.45) is 0 Å². The number of carbonyl (C=O) groups excluding carboxylic acids is 2. The summed E-state index contributed by atoms with van der Waals surface area (Å²) in [5, 5.41) is 2.94. The van der Waals surface area contributed by atoms with Gasteiger partial charge in [0.2, 0.25) is 0 Å². The zero-order valence-electron chi connectivity index (χ0n) is 14.2. The molecule has 2 heterocycles. The van der Waals surface area contributed by atoms with Crippen LogP contribution in [0.1, 0.15) is 25.7 Å². The number of carbonyl (C=O) groups is 2. The van der Waals surface area contributed by atoms with Crippen LogP contribution in [-0.2, 0) is 4.79 Å². The van der Waals surface area contributed by atoms with Crippen molar-refractivity contribution in [3.63, 3.8) is 0 Å². The first-order valence-corrected chi connectivity index (χ1v) is 8.83. The summed E-state index contributed by atoms with van der Waals surface area (Å²) in [5.74, 6) is -0.0803. The number of amides is 3. The topological polar surface area (TPSA) is 61.9 Å². The van der Waals surface area contributed by atoms with Crippen LogP contribution in [0.15, 0.2) is 24.3 Å². The molecule has 2 fully saturated rings. The van der Waals surface area contributed by atoms with Gasteiger partial charge in [-0.05, 0) is 49.9 Å². The normalized spacial score (nSPS) is 18.3. The monoisotopic (exact) mass is 349 g/mol. The maximum atomic E-state index is 12.8. The number of halogens is 1. The molecule has 0 radical (unpaired) electrons. The zero-order chi connectivity index (χ0) is 17.6. The first kappa shape index (κ1) is 17.5. The van der Waals surface area contributed by atoms with Gasteiger partial charge in [-0.3, -0.25) is 4.79 Å². The third-order valence-electron chi connectivity index (χ3n) is 4.69. The number of hydrogen-bond acceptors (Lipinski definition) is 3. The third-order valence-corrected chi connectivity index (χ3v) is 4.69. The summed E-state index contributed by atoms with van der Waals surface area (Å²) in [6, 6.07) is 5.76. The molecular formula is C18H24FN3O3. The molecule has 136 valence electrons. The molecule has 0 spiro atoms. The summed E-state index contributed by atoms with van der Waals surface area (Å²) in [6.45, 7) is 2.95. The number of nitrogens with one attached hydrogen (secondary N) is 1. The van der Waals surface area contributed by atoms with Crippen LogP contribution in [0.5, 0.6) is 5.75 Å². The van der Waals surface area contributed by atoms with Gasteiger partial charge in [-0.25, -0.2) is 9.18 Å². The second-order valence-corrected chi connectivity index (χ2v) is 6.55. The highest BCUT2D eigenvalue weighted by atomic mass is 19.1. The summed E-state index contributed by atoms with van der Waals surface area (Å²) in [6.07, 6.45) is 3.68. The molecule has 0 unspecified atom stereocenters. The summed E-state index contributed by atoms with van der Waals surface area (Å²) >= 11 is 0. The van der Waals surface area contributed by atoms with Crippen LogP contribution < -0.4 is 10.1 Å². The lowest BCUT2D eigenvalue weighted by Crippen LogP contribution is -2.50. The number of ether oxygens (including phenoxy) is 1. The molecule has 2 aliphatic rings. The third kappa shape index (κ3) is 4.84. The Kier molecular flexibility index (Phi) is 5.73. The molecule has 1 aromatic rings. The van der Waals surface area contributed by atoms with E-state index >= 15 is 0 Å². The van der Waals surface area contributed by atoms with E-state index in [1.54, 1.807) is 0 Å². The maximum Gasteiger partial charge on any atom is 0.319 e. The molecule has 0 aliphatic carbocycles. The van der Waals surface area contributed by atoms with Crippen LogP contribution in [0.4, 0.5) is 9.18 Å². The van der Waals surface area contributed by atoms with Crippen LogP contribution >= 0.6 is 0 Å². The highest BCUT2D eigenvalue weighted by molar-refractivity contribution is 5.78. The van der Waals surface area contributed by atoms with E-state index in [0.717, 1.165) is 38.8 Å². The Morgan fingerprint density at radius 3 is 2.28 bits per heavy atom. The minimum absolute atomic E-state index is 0.0620. The van der Waals surface area contributed by atoms with Gasteiger partial charge >= 0.3 is 6.03 Å². The number of hydrogen-bond donors (Lipinski definition) is 1. The zero-order valence-corrected chi connectivity index (χ0v) is 14.2. The SMILES string of the molecule is O=C(COc1ccc(F)cc1)NC1CCN(C(=O)N2CCCC2)CC1. The predicted octanol–water partition coefficient (Wildman–Crippen LogP) is 2.00. The van der Waals surface area contributed by atoms with E-state index in [1.807, 2.05) is 9.80 Å². The van der Waals surface area contributed by atoms with E-state index in [-0.39, 0.29) is 30.4 Å². The molecule has 0 aromatic heterocycles. The number of piperidine rings is 1. The number of likely N-dealkylation sites (tertiary alicyclic amines) is 2. The number of rotatable bonds is 4. The summed E-state index contributed by atoms with van der Waals surface area (Å²) in [7, 11) is 0. The van der Waals surface area contributed by atoms with Gasteiger partial charge in [-0.2, -0.15) is 0 Å². The largest absolute Gasteiger partial charge is 0.484 e. The van der Waals surface area contributed by atoms with Crippen molar-refractivity contribution < 1.29 is 18.7 Å². The lowest BCUT2D eigenvalue weighted by molar-refractivity contribution is -0.124. The Morgan fingerprint density at radius 2 is 1.64 bits per heavy atom. The molecule has 2 saturated heterocycles. The van der Waals surface area contributed by atoms with Crippen molar-refractivity contribution in [1.82, 2.24) is 15.1 Å². The van der Waals surface area contributed by atoms with Crippen molar-refractivity contribution in [2.45, 2.75) is 31.7 Å². The fourth-order valence-corrected chi connectivity index (χ4v) is 3.27. The lowest BCUT2D eigenvalue weighted by atomic mass is 10.1. The first-order valence-electron chi connectivity index (χ1n) is 8.83. The highest BCUT2D eigenvalue weighted by Gasteiger charge is 2.28. The second kappa shape index (κ2) is 8.18. The van der Waals surface area contributed by atoms with E-state index in [4.69, 9.17) is 4.74 Å². The lowest BCUT2D eigenvalue weighted by Gasteiger charge is -2.34. The Morgan fingerprint density at radius 1 is 1.04 bits per heavy atom. The molecule has 3 rings (SSSR count). The van der Waals surface area contributed by atoms with E-state index in [2.05, 4.69) is 5.32 Å². The summed E-state index contributed by atoms with van der Waals surface area (Å²) in [4.78, 5) is 28.1. The van der Waals surface area contributed by atoms with Crippen LogP contribution in [0, 0.1) is 5.82 Å². The Balaban J connectivity index is 1.37. The molecular weight excluding hydrogens is 325 g/mol. The molecule has 0 atom stereocenters. The van der Waals surface area contributed by atoms with Crippen LogP contribution in [-0.4, -0.2) is 60.6 Å². The smallest absolute Gasteiger partial charge is 0.319 e. The molecule has 0 bridgehead atoms. The van der Waals surface area contributed by atoms with Gasteiger partial charge in [-0.1, -0.05) is 0 Å². The molecule has 3 amide bonds. The predicted molar refractivity (Wildman–Crippen MR) is 90.8 cm³/mol. The molecule has 25 heavy (non-hydrogen) atoms. The van der Waals surface area contributed by atoms with Gasteiger partial charge in [0.1, 0.15) is 11.6 Å². The van der Waals surface area contributed by atoms with Gasteiger partial charge in [0.25, 0.3) is 5.91 Å². The molecule has 0 saturated carbocycles. The van der Waals surface area contributed by atoms with Crippen molar-refractivity contribution in [2.75, 3.05) is 32.8 Å². The van der Waals surface area contributed by atoms with Gasteiger partial charge in [-0.15, -0.1) is 0 Å². The molecule has 2 aliphatic heterocycles. The first-order chi connectivity index (χ1) is 12.1. The van der Waals surface area contributed by atoms with Crippen LogP contribution in [0.3, 0.4) is 0 Å². The van der Waals surface area contributed by atoms with E-state index < -0.39 is 0 Å². The quantitative estimate of drug-likeness (QED) is 0.904. The van der Waals surface area contributed by atoms with Crippen LogP contribution in [0.2, 0.25) is 0 Å². The van der Waals surface area contributed by atoms with E-state index in [9.17, 15) is 14.0 Å². The van der Waals surface area contributed by atoms with Crippen molar-refractivity contribution >= 4 is 11.9 Å². The average molecular weight is 349 g/mol. The van der Waals surface area contributed by atoms with Gasteiger partial charge < -0.3 is 19.9 Å². The standard InChI is InChI=1S/C18H24FN3O3/c19-14-3-5-16(6-4-14)25-13-17(23)20-15-7-11-22(12-8-15)18(24)21-9-1-2-10-21/h3-6,15H,1-2,7-13H2,(H,20,23). The highest BCUT2D eigenvalue weighted by Crippen LogP contribution is 2.16. The molecule has 7 heteroatoms. The Hall–Kier alpha value is -2.31. The average Bonchev–Trinajstić information content (AvgIpc) is 3.16. The van der Waals surface area contributed by atoms with E-state index in [1.165, 1.54) is 24.3 Å². The fraction of sp³-hybridized carbons (Fsp3) is 0.556. The second-order valence-electron chi connectivity index (χ2n) is 6.55. The van der Waals surface area contributed by atoms with Crippen molar-refractivity contribution in [3.05, 3.63) is 30.1 Å². The summed E-state index contributed by atoms with van der Waals surface area (Å²) < 4.78 is 18.2. The van der Waals surface area contributed by atoms with Gasteiger partial charge in [0.15, 0.2) is 6.61 Å². The van der Waals surface area contributed by atoms with E-state index in [0.29, 0.717) is 18.8 Å². The fourth-order valence-electron chi connectivity index (χ4n) is 3.27. The molecule has 1 N–H and O–H groups in total. The number of nitrogens with zero attached hydrogens (tertiary/aromatic N) is 2. The minimum atomic E-state index is -0.341. The van der Waals surface area contributed by atoms with Crippen LogP contribution in [0.25, 0.3) is 0 Å². The Bertz CT molecular complexity index is 594. The van der Waals surface area contributed by atoms with Crippen molar-refractivity contribution in [1.29, 1.82) is 0 Å². The number of benzene rings is 1. The maximum absolute atomic E-state index is 12.8. The summed E-state index contributed by atoms with van der Waals surface area (Å²) in [5.41, 5.74) is 0. The number of urea groups is 1. The van der Waals surface area contributed by atoms with Gasteiger partial charge in [0.05, 0.1) is 0 Å². The Labute approximate surface area is 146 Å². The van der Waals surface area contributed by atoms with Crippen molar-refractivity contribution in [3.8, 4) is 5.75 Å². The minimum Gasteiger partial charge on any atom is -0.484 e. The molecule has 6 nitrogen and oxygen atoms in total. The molecule has 1 aromatic carbocycles.